The molecule has 3 nitrogen and oxygen atoms in total. The predicted octanol–water partition coefficient (Wildman–Crippen LogP) is 1.69. The number of halogens is 2. The number of rotatable bonds is 0. The average molecular weight is 310 g/mol. The number of carbonyl (C=O) groups is 2. The van der Waals surface area contributed by atoms with Gasteiger partial charge < -0.3 is 4.74 Å². The zero-order valence-electron chi connectivity index (χ0n) is 6.55. The van der Waals surface area contributed by atoms with Gasteiger partial charge in [-0.15, -0.1) is 0 Å². The molecule has 13 heavy (non-hydrogen) atoms. The van der Waals surface area contributed by atoms with Gasteiger partial charge in [0.05, 0.1) is 0 Å². The van der Waals surface area contributed by atoms with E-state index < -0.39 is 11.9 Å². The maximum atomic E-state index is 11.1. The van der Waals surface area contributed by atoms with Crippen molar-refractivity contribution in [3.63, 3.8) is 0 Å². The van der Waals surface area contributed by atoms with Crippen LogP contribution in [0.1, 0.15) is 12.8 Å². The zero-order valence-corrected chi connectivity index (χ0v) is 9.72. The van der Waals surface area contributed by atoms with Crippen LogP contribution in [-0.2, 0) is 14.3 Å². The van der Waals surface area contributed by atoms with E-state index in [1.165, 1.54) is 0 Å². The summed E-state index contributed by atoms with van der Waals surface area (Å²) in [6.07, 6.45) is 1.13. The highest BCUT2D eigenvalue weighted by Crippen LogP contribution is 2.37. The number of esters is 2. The van der Waals surface area contributed by atoms with Crippen molar-refractivity contribution in [1.29, 1.82) is 0 Å². The van der Waals surface area contributed by atoms with Crippen LogP contribution in [0.2, 0.25) is 0 Å². The van der Waals surface area contributed by atoms with E-state index in [0.717, 1.165) is 0 Å². The molecule has 2 rings (SSSR count). The van der Waals surface area contributed by atoms with Crippen LogP contribution in [0.5, 0.6) is 0 Å². The Hall–Kier alpha value is -0.160. The van der Waals surface area contributed by atoms with Crippen LogP contribution >= 0.6 is 31.9 Å². The lowest BCUT2D eigenvalue weighted by Gasteiger charge is -2.21. The molecule has 1 aliphatic carbocycles. The Bertz CT molecular complexity index is 291. The van der Waals surface area contributed by atoms with Gasteiger partial charge >= 0.3 is 11.9 Å². The van der Waals surface area contributed by atoms with Crippen molar-refractivity contribution in [1.82, 2.24) is 0 Å². The Kier molecular flexibility index (Phi) is 2.32. The average Bonchev–Trinajstić information content (AvgIpc) is 2.31. The van der Waals surface area contributed by atoms with Crippen molar-refractivity contribution in [3.05, 3.63) is 11.1 Å². The second-order valence-corrected chi connectivity index (χ2v) is 5.43. The predicted molar refractivity (Wildman–Crippen MR) is 52.8 cm³/mol. The lowest BCUT2D eigenvalue weighted by molar-refractivity contribution is -0.151. The Morgan fingerprint density at radius 2 is 1.38 bits per heavy atom. The Morgan fingerprint density at radius 1 is 1.00 bits per heavy atom. The van der Waals surface area contributed by atoms with Crippen LogP contribution in [0.4, 0.5) is 0 Å². The van der Waals surface area contributed by atoms with E-state index in [0.29, 0.717) is 24.0 Å². The summed E-state index contributed by atoms with van der Waals surface area (Å²) in [4.78, 5) is 22.7. The van der Waals surface area contributed by atoms with Crippen molar-refractivity contribution in [2.45, 2.75) is 22.5 Å². The van der Waals surface area contributed by atoms with Gasteiger partial charge in [0.25, 0.3) is 0 Å². The highest BCUT2D eigenvalue weighted by Gasteiger charge is 2.39. The molecule has 0 saturated heterocycles. The van der Waals surface area contributed by atoms with Gasteiger partial charge in [-0.1, -0.05) is 31.9 Å². The van der Waals surface area contributed by atoms with Gasteiger partial charge in [-0.3, -0.25) is 0 Å². The van der Waals surface area contributed by atoms with E-state index in [4.69, 9.17) is 0 Å². The molecule has 0 spiro atoms. The number of hydrogen-bond donors (Lipinski definition) is 0. The van der Waals surface area contributed by atoms with E-state index in [1.807, 2.05) is 0 Å². The molecule has 70 valence electrons. The molecule has 2 atom stereocenters. The fourth-order valence-corrected chi connectivity index (χ4v) is 2.53. The second-order valence-electron chi connectivity index (χ2n) is 3.07. The molecule has 5 heteroatoms. The third-order valence-corrected chi connectivity index (χ3v) is 4.87. The summed E-state index contributed by atoms with van der Waals surface area (Å²) in [6, 6.07) is 0. The van der Waals surface area contributed by atoms with Crippen LogP contribution in [0, 0.1) is 0 Å². The third kappa shape index (κ3) is 1.48. The first-order chi connectivity index (χ1) is 6.09. The second kappa shape index (κ2) is 3.20. The lowest BCUT2D eigenvalue weighted by atomic mass is 9.93. The molecular weight excluding hydrogens is 304 g/mol. The fraction of sp³-hybridized carbons (Fsp3) is 0.500. The first-order valence-electron chi connectivity index (χ1n) is 3.86. The summed E-state index contributed by atoms with van der Waals surface area (Å²) in [5.74, 6) is -0.937. The molecule has 0 fully saturated rings. The van der Waals surface area contributed by atoms with Crippen LogP contribution in [0.3, 0.4) is 0 Å². The topological polar surface area (TPSA) is 43.4 Å². The normalized spacial score (nSPS) is 33.4. The number of ether oxygens (including phenoxy) is 1. The molecule has 2 unspecified atom stereocenters. The fourth-order valence-electron chi connectivity index (χ4n) is 1.51. The van der Waals surface area contributed by atoms with E-state index in [2.05, 4.69) is 36.6 Å². The Labute approximate surface area is 91.8 Å². The lowest BCUT2D eigenvalue weighted by Crippen LogP contribution is -2.22. The van der Waals surface area contributed by atoms with Crippen molar-refractivity contribution in [2.75, 3.05) is 0 Å². The molecule has 0 aromatic rings. The molecule has 0 aromatic heterocycles. The largest absolute Gasteiger partial charge is 0.386 e. The maximum Gasteiger partial charge on any atom is 0.342 e. The SMILES string of the molecule is O=C1OC(=O)C2=C1CC(Br)C(Br)C2. The number of carbonyl (C=O) groups excluding carboxylic acids is 2. The molecule has 1 aliphatic heterocycles. The summed E-state index contributed by atoms with van der Waals surface area (Å²) >= 11 is 6.87. The maximum absolute atomic E-state index is 11.1. The van der Waals surface area contributed by atoms with Gasteiger partial charge in [-0.2, -0.15) is 0 Å². The standard InChI is InChI=1S/C8H6Br2O3/c9-5-1-3-4(2-6(5)10)8(12)13-7(3)11/h5-6H,1-2H2. The minimum absolute atomic E-state index is 0.199. The Morgan fingerprint density at radius 3 is 1.77 bits per heavy atom. The van der Waals surface area contributed by atoms with Gasteiger partial charge in [0.1, 0.15) is 0 Å². The van der Waals surface area contributed by atoms with E-state index in [1.54, 1.807) is 0 Å². The van der Waals surface area contributed by atoms with Crippen LogP contribution < -0.4 is 0 Å². The van der Waals surface area contributed by atoms with Crippen molar-refractivity contribution < 1.29 is 14.3 Å². The molecular formula is C8H6Br2O3. The zero-order chi connectivity index (χ0) is 9.59. The summed E-state index contributed by atoms with van der Waals surface area (Å²) in [6.45, 7) is 0. The van der Waals surface area contributed by atoms with Gasteiger partial charge in [-0.05, 0) is 12.8 Å². The van der Waals surface area contributed by atoms with E-state index in [9.17, 15) is 9.59 Å². The van der Waals surface area contributed by atoms with Gasteiger partial charge in [0.15, 0.2) is 0 Å². The monoisotopic (exact) mass is 308 g/mol. The minimum Gasteiger partial charge on any atom is -0.386 e. The molecule has 2 aliphatic rings. The molecule has 1 heterocycles. The molecule has 0 radical (unpaired) electrons. The van der Waals surface area contributed by atoms with Crippen LogP contribution in [0.15, 0.2) is 11.1 Å². The van der Waals surface area contributed by atoms with Gasteiger partial charge in [-0.25, -0.2) is 9.59 Å². The molecule has 0 aromatic carbocycles. The first-order valence-corrected chi connectivity index (χ1v) is 5.69. The first kappa shape index (κ1) is 9.40. The van der Waals surface area contributed by atoms with Crippen molar-refractivity contribution in [2.24, 2.45) is 0 Å². The summed E-state index contributed by atoms with van der Waals surface area (Å²) in [5, 5.41) is 0. The molecule has 0 saturated carbocycles. The van der Waals surface area contributed by atoms with E-state index in [-0.39, 0.29) is 9.65 Å². The number of hydrogen-bond acceptors (Lipinski definition) is 3. The third-order valence-electron chi connectivity index (χ3n) is 2.23. The van der Waals surface area contributed by atoms with Crippen LogP contribution in [-0.4, -0.2) is 21.6 Å². The summed E-state index contributed by atoms with van der Waals surface area (Å²) < 4.78 is 4.51. The highest BCUT2D eigenvalue weighted by molar-refractivity contribution is 9.12. The highest BCUT2D eigenvalue weighted by atomic mass is 79.9. The van der Waals surface area contributed by atoms with Gasteiger partial charge in [0.2, 0.25) is 0 Å². The van der Waals surface area contributed by atoms with Crippen molar-refractivity contribution >= 4 is 43.8 Å². The smallest absolute Gasteiger partial charge is 0.342 e. The minimum atomic E-state index is -0.469. The van der Waals surface area contributed by atoms with Gasteiger partial charge in [0, 0.05) is 20.8 Å². The Balaban J connectivity index is 2.36. The van der Waals surface area contributed by atoms with E-state index >= 15 is 0 Å². The molecule has 0 N–H and O–H groups in total. The molecule has 0 bridgehead atoms. The van der Waals surface area contributed by atoms with Crippen LogP contribution in [0.25, 0.3) is 0 Å². The quantitative estimate of drug-likeness (QED) is 0.388. The van der Waals surface area contributed by atoms with Crippen molar-refractivity contribution in [3.8, 4) is 0 Å². The number of alkyl halides is 2. The summed E-state index contributed by atoms with van der Waals surface area (Å²) in [7, 11) is 0. The molecule has 0 amide bonds. The number of cyclic esters (lactones) is 2. The summed E-state index contributed by atoms with van der Waals surface area (Å²) in [5.41, 5.74) is 1.09.